The Kier molecular flexibility index (Phi) is 4.47. The predicted octanol–water partition coefficient (Wildman–Crippen LogP) is 2.75. The number of nitrogens with one attached hydrogen (secondary N) is 1. The molecule has 5 rings (SSSR count). The molecule has 1 amide bonds. The van der Waals surface area contributed by atoms with Gasteiger partial charge < -0.3 is 10.0 Å². The van der Waals surface area contributed by atoms with Crippen LogP contribution in [0.3, 0.4) is 0 Å². The summed E-state index contributed by atoms with van der Waals surface area (Å²) in [5.41, 5.74) is 3.43. The van der Waals surface area contributed by atoms with Crippen molar-refractivity contribution in [3.05, 3.63) is 58.5 Å². The topological polar surface area (TPSA) is 86.7 Å². The third-order valence-corrected chi connectivity index (χ3v) is 8.06. The van der Waals surface area contributed by atoms with Gasteiger partial charge in [0.05, 0.1) is 16.7 Å². The summed E-state index contributed by atoms with van der Waals surface area (Å²) in [6.07, 6.45) is 0.709. The normalized spacial score (nSPS) is 17.0. The summed E-state index contributed by atoms with van der Waals surface area (Å²) in [5, 5.41) is 13.4. The lowest BCUT2D eigenvalue weighted by Gasteiger charge is -2.25. The molecular formula is C21H20N2O4S2. The second kappa shape index (κ2) is 6.91. The molecule has 0 saturated carbocycles. The number of rotatable bonds is 5. The fourth-order valence-electron chi connectivity index (χ4n) is 4.22. The number of fused-ring (bicyclic) bond motifs is 1. The Morgan fingerprint density at radius 1 is 1.14 bits per heavy atom. The number of thiophene rings is 1. The molecule has 0 unspecified atom stereocenters. The van der Waals surface area contributed by atoms with E-state index in [0.29, 0.717) is 25.8 Å². The Bertz CT molecular complexity index is 1230. The van der Waals surface area contributed by atoms with Gasteiger partial charge in [-0.05, 0) is 52.9 Å². The Balaban J connectivity index is 1.39. The molecule has 29 heavy (non-hydrogen) atoms. The number of hydrogen-bond donors (Lipinski definition) is 2. The highest BCUT2D eigenvalue weighted by molar-refractivity contribution is 7.89. The molecule has 0 spiro atoms. The highest BCUT2D eigenvalue weighted by atomic mass is 32.2. The molecule has 1 aromatic heterocycles. The highest BCUT2D eigenvalue weighted by Crippen LogP contribution is 2.38. The zero-order chi connectivity index (χ0) is 20.2. The molecule has 3 aromatic rings. The van der Waals surface area contributed by atoms with Gasteiger partial charge in [0, 0.05) is 29.8 Å². The van der Waals surface area contributed by atoms with Crippen molar-refractivity contribution in [1.82, 2.24) is 4.72 Å². The molecule has 0 fully saturated rings. The van der Waals surface area contributed by atoms with Crippen LogP contribution in [0.2, 0.25) is 0 Å². The maximum Gasteiger partial charge on any atom is 0.240 e. The van der Waals surface area contributed by atoms with E-state index in [4.69, 9.17) is 0 Å². The number of amides is 1. The van der Waals surface area contributed by atoms with E-state index >= 15 is 0 Å². The van der Waals surface area contributed by atoms with Gasteiger partial charge in [0.1, 0.15) is 0 Å². The number of nitrogens with zero attached hydrogens (tertiary/aromatic N) is 1. The van der Waals surface area contributed by atoms with Crippen LogP contribution in [-0.2, 0) is 27.7 Å². The number of carbonyl (C=O) groups is 1. The maximum absolute atomic E-state index is 12.9. The van der Waals surface area contributed by atoms with Gasteiger partial charge in [-0.3, -0.25) is 4.79 Å². The van der Waals surface area contributed by atoms with Gasteiger partial charge >= 0.3 is 0 Å². The van der Waals surface area contributed by atoms with Crippen LogP contribution >= 0.6 is 11.3 Å². The minimum Gasteiger partial charge on any atom is -0.387 e. The number of aryl methyl sites for hydroxylation is 1. The number of sulfonamides is 1. The van der Waals surface area contributed by atoms with Crippen LogP contribution in [0.5, 0.6) is 0 Å². The maximum atomic E-state index is 12.9. The average molecular weight is 429 g/mol. The largest absolute Gasteiger partial charge is 0.387 e. The van der Waals surface area contributed by atoms with Crippen molar-refractivity contribution in [2.24, 2.45) is 0 Å². The average Bonchev–Trinajstić information content (AvgIpc) is 3.34. The number of aliphatic hydroxyl groups excluding tert-OH is 1. The summed E-state index contributed by atoms with van der Waals surface area (Å²) in [6, 6.07) is 11.1. The first kappa shape index (κ1) is 18.7. The number of benzene rings is 2. The standard InChI is InChI=1S/C21H20N2O4S2/c24-18(17-12-28-19-4-2-1-3-16(17)19)11-22-29(26,27)15-9-13-5-6-20(25)23-8-7-14(10-15)21(13)23/h1-4,9-10,12,18,22,24H,5-8,11H2/t18-/m0/s1. The smallest absolute Gasteiger partial charge is 0.240 e. The molecule has 3 heterocycles. The molecule has 150 valence electrons. The summed E-state index contributed by atoms with van der Waals surface area (Å²) in [5.74, 6) is 0.107. The highest BCUT2D eigenvalue weighted by Gasteiger charge is 2.33. The molecule has 0 aliphatic carbocycles. The predicted molar refractivity (Wildman–Crippen MR) is 113 cm³/mol. The van der Waals surface area contributed by atoms with Crippen molar-refractivity contribution >= 4 is 43.0 Å². The van der Waals surface area contributed by atoms with Crippen LogP contribution in [0.4, 0.5) is 5.69 Å². The first-order chi connectivity index (χ1) is 13.9. The molecule has 0 radical (unpaired) electrons. The summed E-state index contributed by atoms with van der Waals surface area (Å²) < 4.78 is 29.4. The number of aliphatic hydroxyl groups is 1. The zero-order valence-electron chi connectivity index (χ0n) is 15.6. The van der Waals surface area contributed by atoms with Crippen LogP contribution in [-0.4, -0.2) is 32.5 Å². The van der Waals surface area contributed by atoms with Gasteiger partial charge in [0.25, 0.3) is 0 Å². The molecule has 6 nitrogen and oxygen atoms in total. The van der Waals surface area contributed by atoms with E-state index in [9.17, 15) is 18.3 Å². The molecule has 8 heteroatoms. The van der Waals surface area contributed by atoms with Crippen molar-refractivity contribution < 1.29 is 18.3 Å². The minimum absolute atomic E-state index is 0.0971. The van der Waals surface area contributed by atoms with Crippen LogP contribution in [0.1, 0.15) is 29.2 Å². The van der Waals surface area contributed by atoms with E-state index in [2.05, 4.69) is 4.72 Å². The number of hydrogen-bond acceptors (Lipinski definition) is 5. The van der Waals surface area contributed by atoms with E-state index < -0.39 is 16.1 Å². The van der Waals surface area contributed by atoms with Crippen LogP contribution < -0.4 is 9.62 Å². The molecule has 1 atom stereocenters. The molecular weight excluding hydrogens is 408 g/mol. The molecule has 2 aliphatic rings. The fourth-order valence-corrected chi connectivity index (χ4v) is 6.37. The van der Waals surface area contributed by atoms with Gasteiger partial charge in [-0.2, -0.15) is 0 Å². The summed E-state index contributed by atoms with van der Waals surface area (Å²) in [6.45, 7) is 0.516. The summed E-state index contributed by atoms with van der Waals surface area (Å²) >= 11 is 1.53. The van der Waals surface area contributed by atoms with Crippen molar-refractivity contribution in [3.63, 3.8) is 0 Å². The Morgan fingerprint density at radius 3 is 2.72 bits per heavy atom. The fraction of sp³-hybridized carbons (Fsp3) is 0.286. The second-order valence-electron chi connectivity index (χ2n) is 7.44. The number of carbonyl (C=O) groups excluding carboxylic acids is 1. The van der Waals surface area contributed by atoms with Gasteiger partial charge in [0.15, 0.2) is 0 Å². The van der Waals surface area contributed by atoms with Gasteiger partial charge in [-0.25, -0.2) is 13.1 Å². The third kappa shape index (κ3) is 3.16. The van der Waals surface area contributed by atoms with Gasteiger partial charge in [-0.1, -0.05) is 18.2 Å². The first-order valence-corrected chi connectivity index (χ1v) is 11.9. The van der Waals surface area contributed by atoms with Crippen molar-refractivity contribution in [2.75, 3.05) is 18.0 Å². The Labute approximate surface area is 172 Å². The molecule has 2 aliphatic heterocycles. The molecule has 0 bridgehead atoms. The van der Waals surface area contributed by atoms with E-state index in [1.165, 1.54) is 11.3 Å². The van der Waals surface area contributed by atoms with Crippen LogP contribution in [0.25, 0.3) is 10.1 Å². The van der Waals surface area contributed by atoms with Crippen molar-refractivity contribution in [1.29, 1.82) is 0 Å². The Hall–Kier alpha value is -2.26. The van der Waals surface area contributed by atoms with E-state index in [-0.39, 0.29) is 17.3 Å². The molecule has 0 saturated heterocycles. The summed E-state index contributed by atoms with van der Waals surface area (Å²) in [7, 11) is -3.77. The van der Waals surface area contributed by atoms with E-state index in [1.807, 2.05) is 29.6 Å². The Morgan fingerprint density at radius 2 is 1.90 bits per heavy atom. The lowest BCUT2D eigenvalue weighted by Crippen LogP contribution is -2.33. The van der Waals surface area contributed by atoms with Crippen molar-refractivity contribution in [2.45, 2.75) is 30.3 Å². The molecule has 2 aromatic carbocycles. The third-order valence-electron chi connectivity index (χ3n) is 5.67. The quantitative estimate of drug-likeness (QED) is 0.654. The lowest BCUT2D eigenvalue weighted by atomic mass is 10.00. The second-order valence-corrected chi connectivity index (χ2v) is 10.1. The first-order valence-electron chi connectivity index (χ1n) is 9.54. The van der Waals surface area contributed by atoms with Crippen LogP contribution in [0, 0.1) is 0 Å². The van der Waals surface area contributed by atoms with Gasteiger partial charge in [-0.15, -0.1) is 11.3 Å². The van der Waals surface area contributed by atoms with Crippen LogP contribution in [0.15, 0.2) is 46.7 Å². The monoisotopic (exact) mass is 428 g/mol. The molecule has 2 N–H and O–H groups in total. The minimum atomic E-state index is -3.77. The summed E-state index contributed by atoms with van der Waals surface area (Å²) in [4.78, 5) is 14.0. The zero-order valence-corrected chi connectivity index (χ0v) is 17.2. The SMILES string of the molecule is O=C1CCc2cc(S(=O)(=O)NC[C@H](O)c3csc4ccccc34)cc3c2N1CC3. The van der Waals surface area contributed by atoms with E-state index in [1.54, 1.807) is 17.0 Å². The number of anilines is 1. The van der Waals surface area contributed by atoms with Crippen molar-refractivity contribution in [3.8, 4) is 0 Å². The van der Waals surface area contributed by atoms with Gasteiger partial charge in [0.2, 0.25) is 15.9 Å². The van der Waals surface area contributed by atoms with E-state index in [0.717, 1.165) is 32.5 Å². The lowest BCUT2D eigenvalue weighted by molar-refractivity contribution is -0.118.